The van der Waals surface area contributed by atoms with Crippen molar-refractivity contribution in [3.05, 3.63) is 29.8 Å². The van der Waals surface area contributed by atoms with Crippen molar-refractivity contribution in [2.24, 2.45) is 5.73 Å². The first-order chi connectivity index (χ1) is 8.29. The Labute approximate surface area is 106 Å². The highest BCUT2D eigenvalue weighted by Crippen LogP contribution is 2.29. The van der Waals surface area contributed by atoms with Crippen LogP contribution in [0.4, 0.5) is 23.7 Å². The van der Waals surface area contributed by atoms with Gasteiger partial charge in [-0.15, -0.1) is 0 Å². The summed E-state index contributed by atoms with van der Waals surface area (Å²) in [4.78, 5) is 11.3. The molecule has 0 aliphatic rings. The van der Waals surface area contributed by atoms with Gasteiger partial charge >= 0.3 is 12.2 Å². The van der Waals surface area contributed by atoms with E-state index < -0.39 is 17.8 Å². The Bertz CT molecular complexity index is 445. The lowest BCUT2D eigenvalue weighted by molar-refractivity contribution is -0.137. The molecule has 1 aromatic rings. The Morgan fingerprint density at radius 2 is 1.83 bits per heavy atom. The number of nitrogens with two attached hydrogens (primary N) is 1. The van der Waals surface area contributed by atoms with E-state index in [1.807, 2.05) is 0 Å². The molecule has 8 heteroatoms. The largest absolute Gasteiger partial charge is 0.416 e. The Morgan fingerprint density at radius 3 is 2.28 bits per heavy atom. The van der Waals surface area contributed by atoms with Gasteiger partial charge in [0.2, 0.25) is 0 Å². The molecule has 0 radical (unpaired) electrons. The average molecular weight is 277 g/mol. The summed E-state index contributed by atoms with van der Waals surface area (Å²) in [5, 5.41) is 4.68. The average Bonchev–Trinajstić information content (AvgIpc) is 2.26. The quantitative estimate of drug-likeness (QED) is 0.741. The summed E-state index contributed by atoms with van der Waals surface area (Å²) in [7, 11) is 0. The summed E-state index contributed by atoms with van der Waals surface area (Å²) >= 11 is 4.55. The standard InChI is InChI=1S/C10H10F3N3OS/c11-10(12,13)6-1-3-7(4-2-6)16-9(17)15-5-8(14)18/h1-4H,5H2,(H2,14,18)(H2,15,16,17). The Kier molecular flexibility index (Phi) is 4.49. The molecule has 0 aliphatic heterocycles. The monoisotopic (exact) mass is 277 g/mol. The number of hydrogen-bond donors (Lipinski definition) is 3. The zero-order valence-electron chi connectivity index (χ0n) is 9.04. The maximum absolute atomic E-state index is 12.3. The molecular weight excluding hydrogens is 267 g/mol. The van der Waals surface area contributed by atoms with E-state index in [0.29, 0.717) is 0 Å². The molecule has 0 aliphatic carbocycles. The molecule has 18 heavy (non-hydrogen) atoms. The minimum Gasteiger partial charge on any atom is -0.392 e. The molecule has 98 valence electrons. The molecule has 2 amide bonds. The van der Waals surface area contributed by atoms with Gasteiger partial charge < -0.3 is 16.4 Å². The van der Waals surface area contributed by atoms with Crippen molar-refractivity contribution < 1.29 is 18.0 Å². The summed E-state index contributed by atoms with van der Waals surface area (Å²) in [5.74, 6) is 0. The molecule has 0 atom stereocenters. The van der Waals surface area contributed by atoms with Gasteiger partial charge in [0, 0.05) is 5.69 Å². The topological polar surface area (TPSA) is 67.1 Å². The number of rotatable bonds is 3. The fourth-order valence-corrected chi connectivity index (χ4v) is 1.16. The highest BCUT2D eigenvalue weighted by Gasteiger charge is 2.29. The Hall–Kier alpha value is -1.83. The Morgan fingerprint density at radius 1 is 1.28 bits per heavy atom. The summed E-state index contributed by atoms with van der Waals surface area (Å²) in [6.45, 7) is 0.0157. The third kappa shape index (κ3) is 4.58. The van der Waals surface area contributed by atoms with Crippen molar-refractivity contribution in [2.45, 2.75) is 6.18 Å². The molecule has 4 N–H and O–H groups in total. The van der Waals surface area contributed by atoms with Crippen LogP contribution >= 0.6 is 12.2 Å². The molecule has 0 saturated carbocycles. The van der Waals surface area contributed by atoms with Gasteiger partial charge in [0.05, 0.1) is 17.1 Å². The lowest BCUT2D eigenvalue weighted by Gasteiger charge is -2.09. The minimum absolute atomic E-state index is 0.0157. The number of halogens is 3. The maximum atomic E-state index is 12.3. The summed E-state index contributed by atoms with van der Waals surface area (Å²) in [6.07, 6.45) is -4.40. The van der Waals surface area contributed by atoms with E-state index in [0.717, 1.165) is 24.3 Å². The second-order valence-electron chi connectivity index (χ2n) is 3.35. The molecule has 0 unspecified atom stereocenters. The van der Waals surface area contributed by atoms with Crippen molar-refractivity contribution in [3.63, 3.8) is 0 Å². The van der Waals surface area contributed by atoms with Crippen LogP contribution in [0.15, 0.2) is 24.3 Å². The first-order valence-electron chi connectivity index (χ1n) is 4.79. The van der Waals surface area contributed by atoms with Crippen LogP contribution in [-0.2, 0) is 6.18 Å². The number of nitrogens with one attached hydrogen (secondary N) is 2. The van der Waals surface area contributed by atoms with Crippen LogP contribution < -0.4 is 16.4 Å². The molecule has 0 fully saturated rings. The van der Waals surface area contributed by atoms with Crippen molar-refractivity contribution in [1.82, 2.24) is 5.32 Å². The smallest absolute Gasteiger partial charge is 0.392 e. The van der Waals surface area contributed by atoms with Crippen LogP contribution in [0, 0.1) is 0 Å². The predicted molar refractivity (Wildman–Crippen MR) is 65.3 cm³/mol. The lowest BCUT2D eigenvalue weighted by Crippen LogP contribution is -2.35. The number of amides is 2. The fourth-order valence-electron chi connectivity index (χ4n) is 1.09. The SMILES string of the molecule is NC(=S)CNC(=O)Nc1ccc(C(F)(F)F)cc1. The van der Waals surface area contributed by atoms with Crippen LogP contribution in [0.25, 0.3) is 0 Å². The van der Waals surface area contributed by atoms with E-state index in [2.05, 4.69) is 22.9 Å². The normalized spacial score (nSPS) is 10.8. The van der Waals surface area contributed by atoms with E-state index >= 15 is 0 Å². The van der Waals surface area contributed by atoms with E-state index in [1.165, 1.54) is 0 Å². The number of anilines is 1. The van der Waals surface area contributed by atoms with E-state index in [1.54, 1.807) is 0 Å². The molecule has 4 nitrogen and oxygen atoms in total. The lowest BCUT2D eigenvalue weighted by atomic mass is 10.2. The molecule has 0 spiro atoms. The molecular formula is C10H10F3N3OS. The molecule has 0 bridgehead atoms. The fraction of sp³-hybridized carbons (Fsp3) is 0.200. The summed E-state index contributed by atoms with van der Waals surface area (Å²) in [5.41, 5.74) is 4.62. The second-order valence-corrected chi connectivity index (χ2v) is 3.87. The van der Waals surface area contributed by atoms with Gasteiger partial charge in [-0.25, -0.2) is 4.79 Å². The molecule has 0 heterocycles. The second kappa shape index (κ2) is 5.67. The van der Waals surface area contributed by atoms with Crippen molar-refractivity contribution in [1.29, 1.82) is 0 Å². The summed E-state index contributed by atoms with van der Waals surface area (Å²) in [6, 6.07) is 3.47. The van der Waals surface area contributed by atoms with Crippen LogP contribution in [0.1, 0.15) is 5.56 Å². The van der Waals surface area contributed by atoms with Crippen molar-refractivity contribution in [3.8, 4) is 0 Å². The van der Waals surface area contributed by atoms with Gasteiger partial charge in [-0.3, -0.25) is 0 Å². The van der Waals surface area contributed by atoms with E-state index in [9.17, 15) is 18.0 Å². The molecule has 1 aromatic carbocycles. The third-order valence-electron chi connectivity index (χ3n) is 1.89. The van der Waals surface area contributed by atoms with E-state index in [4.69, 9.17) is 5.73 Å². The van der Waals surface area contributed by atoms with Crippen LogP contribution in [-0.4, -0.2) is 17.6 Å². The highest BCUT2D eigenvalue weighted by molar-refractivity contribution is 7.80. The van der Waals surface area contributed by atoms with Crippen LogP contribution in [0.2, 0.25) is 0 Å². The van der Waals surface area contributed by atoms with Crippen molar-refractivity contribution in [2.75, 3.05) is 11.9 Å². The number of carbonyl (C=O) groups is 1. The zero-order chi connectivity index (χ0) is 13.8. The highest BCUT2D eigenvalue weighted by atomic mass is 32.1. The first-order valence-corrected chi connectivity index (χ1v) is 5.20. The third-order valence-corrected chi connectivity index (χ3v) is 2.04. The molecule has 0 saturated heterocycles. The van der Waals surface area contributed by atoms with Gasteiger partial charge in [0.25, 0.3) is 0 Å². The van der Waals surface area contributed by atoms with Crippen molar-refractivity contribution >= 4 is 28.9 Å². The summed E-state index contributed by atoms with van der Waals surface area (Å²) < 4.78 is 36.8. The first kappa shape index (κ1) is 14.2. The van der Waals surface area contributed by atoms with Crippen LogP contribution in [0.3, 0.4) is 0 Å². The number of alkyl halides is 3. The van der Waals surface area contributed by atoms with E-state index in [-0.39, 0.29) is 17.2 Å². The Balaban J connectivity index is 2.59. The van der Waals surface area contributed by atoms with Gasteiger partial charge in [0.1, 0.15) is 0 Å². The molecule has 0 aromatic heterocycles. The maximum Gasteiger partial charge on any atom is 0.416 e. The number of thiocarbonyl (C=S) groups is 1. The van der Waals surface area contributed by atoms with Gasteiger partial charge in [-0.1, -0.05) is 12.2 Å². The van der Waals surface area contributed by atoms with Gasteiger partial charge in [-0.2, -0.15) is 13.2 Å². The number of carbonyl (C=O) groups excluding carboxylic acids is 1. The minimum atomic E-state index is -4.40. The predicted octanol–water partition coefficient (Wildman–Crippen LogP) is 2.11. The number of urea groups is 1. The van der Waals surface area contributed by atoms with Gasteiger partial charge in [-0.05, 0) is 24.3 Å². The van der Waals surface area contributed by atoms with Crippen LogP contribution in [0.5, 0.6) is 0 Å². The van der Waals surface area contributed by atoms with Gasteiger partial charge in [0.15, 0.2) is 0 Å². The zero-order valence-corrected chi connectivity index (χ0v) is 9.86. The number of hydrogen-bond acceptors (Lipinski definition) is 2. The number of benzene rings is 1. The molecule has 1 rings (SSSR count).